The molecular formula is C23H30N6OS. The SMILES string of the molecule is CCCn1c(SCC(=O)Nc2ccc(N(CC)C(C)C)cc2)nnc1-c1ccncc1. The lowest BCUT2D eigenvalue weighted by atomic mass is 10.2. The first kappa shape index (κ1) is 22.8. The van der Waals surface area contributed by atoms with Gasteiger partial charge in [0.1, 0.15) is 0 Å². The van der Waals surface area contributed by atoms with Gasteiger partial charge in [-0.15, -0.1) is 10.2 Å². The standard InChI is InChI=1S/C23H30N6OS/c1-5-15-29-22(18-11-13-24-14-12-18)26-27-23(29)31-16-21(30)25-19-7-9-20(10-8-19)28(6-2)17(3)4/h7-14,17H,5-6,15-16H2,1-4H3,(H,25,30). The van der Waals surface area contributed by atoms with Crippen molar-refractivity contribution in [2.75, 3.05) is 22.5 Å². The van der Waals surface area contributed by atoms with Crippen molar-refractivity contribution in [3.8, 4) is 11.4 Å². The first-order chi connectivity index (χ1) is 15.0. The third kappa shape index (κ3) is 5.85. The van der Waals surface area contributed by atoms with Crippen molar-refractivity contribution in [1.82, 2.24) is 19.7 Å². The normalized spacial score (nSPS) is 11.0. The molecule has 8 heteroatoms. The number of amides is 1. The number of hydrogen-bond donors (Lipinski definition) is 1. The summed E-state index contributed by atoms with van der Waals surface area (Å²) in [5, 5.41) is 12.4. The highest BCUT2D eigenvalue weighted by Gasteiger charge is 2.15. The number of hydrogen-bond acceptors (Lipinski definition) is 6. The van der Waals surface area contributed by atoms with Crippen LogP contribution in [0.15, 0.2) is 53.9 Å². The first-order valence-electron chi connectivity index (χ1n) is 10.7. The van der Waals surface area contributed by atoms with E-state index >= 15 is 0 Å². The molecule has 3 aromatic rings. The van der Waals surface area contributed by atoms with Gasteiger partial charge < -0.3 is 14.8 Å². The van der Waals surface area contributed by atoms with Crippen LogP contribution >= 0.6 is 11.8 Å². The van der Waals surface area contributed by atoms with Crippen molar-refractivity contribution in [1.29, 1.82) is 0 Å². The third-order valence-electron chi connectivity index (χ3n) is 4.88. The van der Waals surface area contributed by atoms with Crippen molar-refractivity contribution in [3.05, 3.63) is 48.8 Å². The Morgan fingerprint density at radius 1 is 1.10 bits per heavy atom. The van der Waals surface area contributed by atoms with Crippen LogP contribution in [0.4, 0.5) is 11.4 Å². The van der Waals surface area contributed by atoms with Gasteiger partial charge in [0.05, 0.1) is 5.75 Å². The van der Waals surface area contributed by atoms with Crippen LogP contribution in [-0.4, -0.2) is 44.0 Å². The third-order valence-corrected chi connectivity index (χ3v) is 5.85. The minimum atomic E-state index is -0.0644. The molecule has 7 nitrogen and oxygen atoms in total. The Bertz CT molecular complexity index is 971. The fourth-order valence-electron chi connectivity index (χ4n) is 3.44. The molecule has 0 saturated heterocycles. The molecule has 0 radical (unpaired) electrons. The molecule has 2 heterocycles. The fraction of sp³-hybridized carbons (Fsp3) is 0.391. The van der Waals surface area contributed by atoms with Gasteiger partial charge in [-0.2, -0.15) is 0 Å². The molecule has 3 rings (SSSR count). The second-order valence-electron chi connectivity index (χ2n) is 7.46. The Balaban J connectivity index is 1.63. The number of carbonyl (C=O) groups is 1. The Kier molecular flexibility index (Phi) is 8.06. The van der Waals surface area contributed by atoms with E-state index in [0.29, 0.717) is 6.04 Å². The van der Waals surface area contributed by atoms with Crippen LogP contribution in [0.5, 0.6) is 0 Å². The maximum Gasteiger partial charge on any atom is 0.234 e. The van der Waals surface area contributed by atoms with E-state index in [2.05, 4.69) is 57.7 Å². The van der Waals surface area contributed by atoms with Crippen LogP contribution in [0.1, 0.15) is 34.1 Å². The van der Waals surface area contributed by atoms with E-state index in [1.807, 2.05) is 36.4 Å². The molecule has 1 aromatic carbocycles. The average Bonchev–Trinajstić information content (AvgIpc) is 3.17. The molecule has 31 heavy (non-hydrogen) atoms. The van der Waals surface area contributed by atoms with Crippen molar-refractivity contribution in [2.45, 2.75) is 51.9 Å². The van der Waals surface area contributed by atoms with Gasteiger partial charge in [-0.25, -0.2) is 0 Å². The van der Waals surface area contributed by atoms with E-state index in [0.717, 1.165) is 47.4 Å². The number of aromatic nitrogens is 4. The summed E-state index contributed by atoms with van der Waals surface area (Å²) >= 11 is 1.40. The highest BCUT2D eigenvalue weighted by molar-refractivity contribution is 7.99. The summed E-state index contributed by atoms with van der Waals surface area (Å²) in [5.41, 5.74) is 2.91. The minimum absolute atomic E-state index is 0.0644. The number of nitrogens with zero attached hydrogens (tertiary/aromatic N) is 5. The Labute approximate surface area is 188 Å². The van der Waals surface area contributed by atoms with Crippen LogP contribution in [0.2, 0.25) is 0 Å². The highest BCUT2D eigenvalue weighted by Crippen LogP contribution is 2.25. The van der Waals surface area contributed by atoms with Gasteiger partial charge in [0.15, 0.2) is 11.0 Å². The number of rotatable bonds is 10. The van der Waals surface area contributed by atoms with E-state index in [1.165, 1.54) is 11.8 Å². The summed E-state index contributed by atoms with van der Waals surface area (Å²) in [6, 6.07) is 12.3. The molecule has 1 N–H and O–H groups in total. The molecule has 1 amide bonds. The molecule has 2 aromatic heterocycles. The van der Waals surface area contributed by atoms with Crippen LogP contribution in [0.25, 0.3) is 11.4 Å². The maximum atomic E-state index is 12.5. The maximum absolute atomic E-state index is 12.5. The monoisotopic (exact) mass is 438 g/mol. The van der Waals surface area contributed by atoms with Crippen LogP contribution in [0.3, 0.4) is 0 Å². The molecule has 0 aliphatic heterocycles. The van der Waals surface area contributed by atoms with E-state index < -0.39 is 0 Å². The summed E-state index contributed by atoms with van der Waals surface area (Å²) in [4.78, 5) is 18.9. The molecule has 0 aliphatic rings. The molecule has 0 saturated carbocycles. The van der Waals surface area contributed by atoms with Gasteiger partial charge in [0.2, 0.25) is 5.91 Å². The molecule has 0 atom stereocenters. The fourth-order valence-corrected chi connectivity index (χ4v) is 4.21. The van der Waals surface area contributed by atoms with Gasteiger partial charge in [-0.1, -0.05) is 18.7 Å². The van der Waals surface area contributed by atoms with E-state index in [9.17, 15) is 4.79 Å². The average molecular weight is 439 g/mol. The Hall–Kier alpha value is -2.87. The number of pyridine rings is 1. The summed E-state index contributed by atoms with van der Waals surface area (Å²) in [5.74, 6) is 1.01. The lowest BCUT2D eigenvalue weighted by Gasteiger charge is -2.27. The first-order valence-corrected chi connectivity index (χ1v) is 11.6. The minimum Gasteiger partial charge on any atom is -0.369 e. The summed E-state index contributed by atoms with van der Waals surface area (Å²) < 4.78 is 2.06. The Morgan fingerprint density at radius 3 is 2.42 bits per heavy atom. The largest absolute Gasteiger partial charge is 0.369 e. The molecule has 0 unspecified atom stereocenters. The van der Waals surface area contributed by atoms with Crippen molar-refractivity contribution in [2.24, 2.45) is 0 Å². The lowest BCUT2D eigenvalue weighted by molar-refractivity contribution is -0.113. The molecule has 0 bridgehead atoms. The zero-order valence-electron chi connectivity index (χ0n) is 18.6. The van der Waals surface area contributed by atoms with Crippen LogP contribution in [0, 0.1) is 0 Å². The van der Waals surface area contributed by atoms with E-state index in [-0.39, 0.29) is 11.7 Å². The molecular weight excluding hydrogens is 408 g/mol. The van der Waals surface area contributed by atoms with E-state index in [1.54, 1.807) is 12.4 Å². The summed E-state index contributed by atoms with van der Waals surface area (Å²) in [7, 11) is 0. The van der Waals surface area contributed by atoms with Crippen LogP contribution in [-0.2, 0) is 11.3 Å². The van der Waals surface area contributed by atoms with Crippen LogP contribution < -0.4 is 10.2 Å². The molecule has 164 valence electrons. The number of benzene rings is 1. The number of nitrogens with one attached hydrogen (secondary N) is 1. The second kappa shape index (κ2) is 10.9. The summed E-state index contributed by atoms with van der Waals surface area (Å²) in [6.45, 7) is 10.3. The molecule has 0 fully saturated rings. The van der Waals surface area contributed by atoms with Gasteiger partial charge in [-0.05, 0) is 63.6 Å². The van der Waals surface area contributed by atoms with E-state index in [4.69, 9.17) is 0 Å². The quantitative estimate of drug-likeness (QED) is 0.462. The predicted molar refractivity (Wildman–Crippen MR) is 127 cm³/mol. The van der Waals surface area contributed by atoms with Gasteiger partial charge >= 0.3 is 0 Å². The number of thioether (sulfide) groups is 1. The Morgan fingerprint density at radius 2 is 1.81 bits per heavy atom. The highest BCUT2D eigenvalue weighted by atomic mass is 32.2. The zero-order chi connectivity index (χ0) is 22.2. The second-order valence-corrected chi connectivity index (χ2v) is 8.40. The van der Waals surface area contributed by atoms with Crippen molar-refractivity contribution >= 4 is 29.0 Å². The smallest absolute Gasteiger partial charge is 0.234 e. The number of carbonyl (C=O) groups excluding carboxylic acids is 1. The van der Waals surface area contributed by atoms with Gasteiger partial charge in [0.25, 0.3) is 0 Å². The van der Waals surface area contributed by atoms with Crippen molar-refractivity contribution in [3.63, 3.8) is 0 Å². The number of anilines is 2. The summed E-state index contributed by atoms with van der Waals surface area (Å²) in [6.07, 6.45) is 4.44. The zero-order valence-corrected chi connectivity index (χ0v) is 19.4. The predicted octanol–water partition coefficient (Wildman–Crippen LogP) is 4.72. The lowest BCUT2D eigenvalue weighted by Crippen LogP contribution is -2.30. The van der Waals surface area contributed by atoms with Crippen molar-refractivity contribution < 1.29 is 4.79 Å². The molecule has 0 aliphatic carbocycles. The van der Waals surface area contributed by atoms with Gasteiger partial charge in [-0.3, -0.25) is 9.78 Å². The topological polar surface area (TPSA) is 75.9 Å². The van der Waals surface area contributed by atoms with Gasteiger partial charge in [0, 0.05) is 48.5 Å². The molecule has 0 spiro atoms.